The van der Waals surface area contributed by atoms with Crippen LogP contribution in [0.4, 0.5) is 0 Å². The Morgan fingerprint density at radius 3 is 2.42 bits per heavy atom. The molecule has 1 amide bonds. The first kappa shape index (κ1) is 21.4. The Bertz CT molecular complexity index is 966. The summed E-state index contributed by atoms with van der Waals surface area (Å²) in [5.41, 5.74) is 4.46. The van der Waals surface area contributed by atoms with Crippen molar-refractivity contribution in [3.05, 3.63) is 58.7 Å². The molecule has 0 radical (unpaired) electrons. The fraction of sp³-hybridized carbons (Fsp3) is 0.462. The number of Topliss-reactive ketones (excluding diaryl/α,β-unsaturated/α-hetero) is 1. The van der Waals surface area contributed by atoms with Crippen LogP contribution in [0, 0.1) is 5.92 Å². The Balaban J connectivity index is 1.41. The van der Waals surface area contributed by atoms with Gasteiger partial charge in [-0.2, -0.15) is 0 Å². The Kier molecular flexibility index (Phi) is 6.30. The zero-order valence-corrected chi connectivity index (χ0v) is 18.6. The molecule has 1 saturated carbocycles. The Labute approximate surface area is 184 Å². The molecule has 4 rings (SSSR count). The molecule has 2 aromatic carbocycles. The van der Waals surface area contributed by atoms with Crippen LogP contribution in [-0.2, 0) is 22.4 Å². The monoisotopic (exact) mass is 421 g/mol. The molecule has 0 bridgehead atoms. The molecule has 5 nitrogen and oxygen atoms in total. The van der Waals surface area contributed by atoms with Crippen molar-refractivity contribution in [2.75, 3.05) is 14.2 Å². The average molecular weight is 422 g/mol. The number of ketones is 1. The van der Waals surface area contributed by atoms with Crippen LogP contribution < -0.4 is 14.8 Å². The normalized spacial score (nSPS) is 20.9. The van der Waals surface area contributed by atoms with Gasteiger partial charge >= 0.3 is 0 Å². The minimum absolute atomic E-state index is 0.0163. The summed E-state index contributed by atoms with van der Waals surface area (Å²) in [6.07, 6.45) is 5.33. The number of rotatable bonds is 7. The smallest absolute Gasteiger partial charge is 0.227 e. The third-order valence-corrected chi connectivity index (χ3v) is 6.83. The van der Waals surface area contributed by atoms with Gasteiger partial charge in [-0.05, 0) is 73.4 Å². The lowest BCUT2D eigenvalue weighted by Crippen LogP contribution is -2.31. The van der Waals surface area contributed by atoms with Crippen LogP contribution in [0.3, 0.4) is 0 Å². The van der Waals surface area contributed by atoms with E-state index in [0.29, 0.717) is 11.5 Å². The second kappa shape index (κ2) is 9.13. The van der Waals surface area contributed by atoms with E-state index in [-0.39, 0.29) is 23.8 Å². The lowest BCUT2D eigenvalue weighted by Gasteiger charge is -2.19. The van der Waals surface area contributed by atoms with Gasteiger partial charge in [0, 0.05) is 12.3 Å². The third-order valence-electron chi connectivity index (χ3n) is 6.83. The molecule has 0 spiro atoms. The molecule has 2 aliphatic rings. The number of fused-ring (bicyclic) bond motifs is 1. The van der Waals surface area contributed by atoms with E-state index in [4.69, 9.17) is 9.47 Å². The number of carbonyl (C=O) groups excluding carboxylic acids is 2. The lowest BCUT2D eigenvalue weighted by atomic mass is 9.93. The molecule has 0 aliphatic heterocycles. The van der Waals surface area contributed by atoms with E-state index in [1.165, 1.54) is 11.1 Å². The summed E-state index contributed by atoms with van der Waals surface area (Å²) in [7, 11) is 3.26. The SMILES string of the molecule is COc1cc2c(cc1OC)[C@@H](NC(=O)[C@H](C)c1ccc(C[C@@H]3CCCC3=O)cc1)CC2. The number of benzene rings is 2. The topological polar surface area (TPSA) is 64.6 Å². The molecular formula is C26H31NO4. The number of aryl methyl sites for hydroxylation is 1. The van der Waals surface area contributed by atoms with E-state index < -0.39 is 0 Å². The van der Waals surface area contributed by atoms with Gasteiger partial charge in [-0.1, -0.05) is 24.3 Å². The van der Waals surface area contributed by atoms with E-state index in [2.05, 4.69) is 17.4 Å². The Morgan fingerprint density at radius 2 is 1.77 bits per heavy atom. The summed E-state index contributed by atoms with van der Waals surface area (Å²) in [5, 5.41) is 3.22. The molecule has 1 N–H and O–H groups in total. The van der Waals surface area contributed by atoms with Gasteiger partial charge in [-0.3, -0.25) is 9.59 Å². The second-order valence-electron chi connectivity index (χ2n) is 8.73. The van der Waals surface area contributed by atoms with E-state index >= 15 is 0 Å². The zero-order chi connectivity index (χ0) is 22.0. The van der Waals surface area contributed by atoms with Crippen molar-refractivity contribution < 1.29 is 19.1 Å². The molecule has 0 saturated heterocycles. The van der Waals surface area contributed by atoms with Gasteiger partial charge in [0.2, 0.25) is 5.91 Å². The number of hydrogen-bond acceptors (Lipinski definition) is 4. The maximum Gasteiger partial charge on any atom is 0.227 e. The molecule has 5 heteroatoms. The zero-order valence-electron chi connectivity index (χ0n) is 18.6. The highest BCUT2D eigenvalue weighted by molar-refractivity contribution is 5.84. The summed E-state index contributed by atoms with van der Waals surface area (Å²) in [4.78, 5) is 24.9. The first-order valence-electron chi connectivity index (χ1n) is 11.2. The van der Waals surface area contributed by atoms with Crippen molar-refractivity contribution >= 4 is 11.7 Å². The van der Waals surface area contributed by atoms with Crippen LogP contribution in [0.2, 0.25) is 0 Å². The molecule has 0 aromatic heterocycles. The van der Waals surface area contributed by atoms with Crippen LogP contribution >= 0.6 is 0 Å². The van der Waals surface area contributed by atoms with Gasteiger partial charge in [-0.25, -0.2) is 0 Å². The maximum absolute atomic E-state index is 13.0. The Hall–Kier alpha value is -2.82. The minimum atomic E-state index is -0.244. The van der Waals surface area contributed by atoms with E-state index in [1.807, 2.05) is 31.2 Å². The molecular weight excluding hydrogens is 390 g/mol. The largest absolute Gasteiger partial charge is 0.493 e. The van der Waals surface area contributed by atoms with Crippen LogP contribution in [0.25, 0.3) is 0 Å². The predicted molar refractivity (Wildman–Crippen MR) is 120 cm³/mol. The highest BCUT2D eigenvalue weighted by atomic mass is 16.5. The van der Waals surface area contributed by atoms with Gasteiger partial charge in [0.15, 0.2) is 11.5 Å². The van der Waals surface area contributed by atoms with Gasteiger partial charge in [0.1, 0.15) is 5.78 Å². The molecule has 2 aromatic rings. The summed E-state index contributed by atoms with van der Waals surface area (Å²) >= 11 is 0. The van der Waals surface area contributed by atoms with Crippen molar-refractivity contribution in [1.82, 2.24) is 5.32 Å². The molecule has 2 aliphatic carbocycles. The molecule has 164 valence electrons. The molecule has 3 atom stereocenters. The molecule has 1 fully saturated rings. The quantitative estimate of drug-likeness (QED) is 0.714. The first-order chi connectivity index (χ1) is 15.0. The van der Waals surface area contributed by atoms with E-state index in [9.17, 15) is 9.59 Å². The highest BCUT2D eigenvalue weighted by Crippen LogP contribution is 2.39. The number of nitrogens with one attached hydrogen (secondary N) is 1. The summed E-state index contributed by atoms with van der Waals surface area (Å²) in [5.74, 6) is 1.75. The summed E-state index contributed by atoms with van der Waals surface area (Å²) < 4.78 is 10.8. The highest BCUT2D eigenvalue weighted by Gasteiger charge is 2.28. The van der Waals surface area contributed by atoms with Gasteiger partial charge < -0.3 is 14.8 Å². The maximum atomic E-state index is 13.0. The predicted octanol–water partition coefficient (Wildman–Crippen LogP) is 4.52. The summed E-state index contributed by atoms with van der Waals surface area (Å²) in [6, 6.07) is 12.1. The van der Waals surface area contributed by atoms with Crippen molar-refractivity contribution in [3.63, 3.8) is 0 Å². The number of carbonyl (C=O) groups is 2. The van der Waals surface area contributed by atoms with Crippen molar-refractivity contribution in [1.29, 1.82) is 0 Å². The van der Waals surface area contributed by atoms with Gasteiger partial charge in [0.05, 0.1) is 26.2 Å². The van der Waals surface area contributed by atoms with Crippen LogP contribution in [-0.4, -0.2) is 25.9 Å². The molecule has 0 unspecified atom stereocenters. The standard InChI is InChI=1S/C26H31NO4/c1-16(18-9-7-17(8-10-18)13-20-5-4-6-23(20)28)26(29)27-22-12-11-19-14-24(30-2)25(31-3)15-21(19)22/h7-10,14-16,20,22H,4-6,11-13H2,1-3H3,(H,27,29)/t16-,20+,22+/m1/s1. The average Bonchev–Trinajstić information content (AvgIpc) is 3.38. The van der Waals surface area contributed by atoms with Crippen molar-refractivity contribution in [2.45, 2.75) is 57.4 Å². The van der Waals surface area contributed by atoms with Gasteiger partial charge in [0.25, 0.3) is 0 Å². The summed E-state index contributed by atoms with van der Waals surface area (Å²) in [6.45, 7) is 1.94. The van der Waals surface area contributed by atoms with Gasteiger partial charge in [-0.15, -0.1) is 0 Å². The van der Waals surface area contributed by atoms with Crippen LogP contribution in [0.1, 0.15) is 66.8 Å². The molecule has 31 heavy (non-hydrogen) atoms. The van der Waals surface area contributed by atoms with Crippen molar-refractivity contribution in [3.8, 4) is 11.5 Å². The van der Waals surface area contributed by atoms with Crippen LogP contribution in [0.5, 0.6) is 11.5 Å². The fourth-order valence-electron chi connectivity index (χ4n) is 4.86. The number of methoxy groups -OCH3 is 2. The first-order valence-corrected chi connectivity index (χ1v) is 11.2. The number of amides is 1. The van der Waals surface area contributed by atoms with Crippen LogP contribution in [0.15, 0.2) is 36.4 Å². The second-order valence-corrected chi connectivity index (χ2v) is 8.73. The number of hydrogen-bond donors (Lipinski definition) is 1. The minimum Gasteiger partial charge on any atom is -0.493 e. The number of ether oxygens (including phenoxy) is 2. The molecule has 0 heterocycles. The Morgan fingerprint density at radius 1 is 1.06 bits per heavy atom. The van der Waals surface area contributed by atoms with E-state index in [0.717, 1.165) is 55.4 Å². The third kappa shape index (κ3) is 4.46. The van der Waals surface area contributed by atoms with Crippen molar-refractivity contribution in [2.24, 2.45) is 5.92 Å². The fourth-order valence-corrected chi connectivity index (χ4v) is 4.86. The van der Waals surface area contributed by atoms with E-state index in [1.54, 1.807) is 14.2 Å². The lowest BCUT2D eigenvalue weighted by molar-refractivity contribution is -0.123.